The van der Waals surface area contributed by atoms with Crippen molar-refractivity contribution in [2.45, 2.75) is 44.8 Å². The van der Waals surface area contributed by atoms with E-state index in [2.05, 4.69) is 10.5 Å². The molecule has 1 rings (SSSR count). The van der Waals surface area contributed by atoms with Crippen LogP contribution in [0.25, 0.3) is 0 Å². The van der Waals surface area contributed by atoms with Gasteiger partial charge in [-0.05, 0) is 19.8 Å². The standard InChI is InChI=1S/C10H19N3O3/c1-6(9(11)13-16)10(15)12-7-4-2-3-5-8(7)14/h6-8,14,16H,2-5H2,1H3,(H2,11,13)(H,12,15). The molecule has 0 aromatic heterocycles. The lowest BCUT2D eigenvalue weighted by Gasteiger charge is -2.29. The molecule has 1 amide bonds. The summed E-state index contributed by atoms with van der Waals surface area (Å²) in [4.78, 5) is 11.7. The van der Waals surface area contributed by atoms with Gasteiger partial charge >= 0.3 is 0 Å². The van der Waals surface area contributed by atoms with Gasteiger partial charge < -0.3 is 21.4 Å². The average molecular weight is 229 g/mol. The van der Waals surface area contributed by atoms with Gasteiger partial charge in [0.05, 0.1) is 18.1 Å². The van der Waals surface area contributed by atoms with Gasteiger partial charge in [0.1, 0.15) is 0 Å². The van der Waals surface area contributed by atoms with E-state index in [0.29, 0.717) is 6.42 Å². The highest BCUT2D eigenvalue weighted by atomic mass is 16.4. The fraction of sp³-hybridized carbons (Fsp3) is 0.800. The molecule has 3 unspecified atom stereocenters. The molecule has 1 aliphatic carbocycles. The molecule has 3 atom stereocenters. The first-order valence-corrected chi connectivity index (χ1v) is 5.52. The van der Waals surface area contributed by atoms with Gasteiger partial charge in [0.25, 0.3) is 0 Å². The highest BCUT2D eigenvalue weighted by Gasteiger charge is 2.27. The molecule has 1 aliphatic rings. The molecule has 6 heteroatoms. The molecule has 16 heavy (non-hydrogen) atoms. The minimum absolute atomic E-state index is 0.122. The molecule has 6 nitrogen and oxygen atoms in total. The smallest absolute Gasteiger partial charge is 0.230 e. The van der Waals surface area contributed by atoms with E-state index in [4.69, 9.17) is 10.9 Å². The summed E-state index contributed by atoms with van der Waals surface area (Å²) in [5, 5.41) is 23.6. The Labute approximate surface area is 94.5 Å². The molecule has 1 saturated carbocycles. The van der Waals surface area contributed by atoms with Crippen LogP contribution in [0.5, 0.6) is 0 Å². The van der Waals surface area contributed by atoms with Crippen LogP contribution in [0.2, 0.25) is 0 Å². The highest BCUT2D eigenvalue weighted by molar-refractivity contribution is 6.01. The third-order valence-electron chi connectivity index (χ3n) is 3.01. The van der Waals surface area contributed by atoms with Crippen LogP contribution in [-0.4, -0.2) is 34.2 Å². The van der Waals surface area contributed by atoms with E-state index in [-0.39, 0.29) is 17.8 Å². The number of aliphatic hydroxyl groups is 1. The Kier molecular flexibility index (Phi) is 4.54. The maximum absolute atomic E-state index is 11.7. The molecular weight excluding hydrogens is 210 g/mol. The Morgan fingerprint density at radius 2 is 2.12 bits per heavy atom. The number of hydrogen-bond donors (Lipinski definition) is 4. The zero-order valence-corrected chi connectivity index (χ0v) is 9.39. The molecule has 0 radical (unpaired) electrons. The Morgan fingerprint density at radius 3 is 2.69 bits per heavy atom. The van der Waals surface area contributed by atoms with Crippen LogP contribution in [0.15, 0.2) is 5.16 Å². The van der Waals surface area contributed by atoms with E-state index in [9.17, 15) is 9.90 Å². The number of nitrogens with two attached hydrogens (primary N) is 1. The summed E-state index contributed by atoms with van der Waals surface area (Å²) < 4.78 is 0. The Morgan fingerprint density at radius 1 is 1.50 bits per heavy atom. The van der Waals surface area contributed by atoms with Gasteiger partial charge in [-0.3, -0.25) is 4.79 Å². The average Bonchev–Trinajstić information content (AvgIpc) is 2.30. The fourth-order valence-electron chi connectivity index (χ4n) is 1.81. The quantitative estimate of drug-likeness (QED) is 0.232. The number of carbonyl (C=O) groups excluding carboxylic acids is 1. The van der Waals surface area contributed by atoms with Gasteiger partial charge in [0.15, 0.2) is 5.84 Å². The number of rotatable bonds is 3. The van der Waals surface area contributed by atoms with Crippen LogP contribution >= 0.6 is 0 Å². The van der Waals surface area contributed by atoms with E-state index in [0.717, 1.165) is 19.3 Å². The van der Waals surface area contributed by atoms with Crippen molar-refractivity contribution in [1.29, 1.82) is 0 Å². The summed E-state index contributed by atoms with van der Waals surface area (Å²) in [5.41, 5.74) is 5.33. The summed E-state index contributed by atoms with van der Waals surface area (Å²) in [7, 11) is 0. The van der Waals surface area contributed by atoms with Crippen LogP contribution in [0.4, 0.5) is 0 Å². The summed E-state index contributed by atoms with van der Waals surface area (Å²) in [6.45, 7) is 1.56. The molecule has 0 heterocycles. The van der Waals surface area contributed by atoms with E-state index in [1.54, 1.807) is 6.92 Å². The van der Waals surface area contributed by atoms with Crippen LogP contribution in [-0.2, 0) is 4.79 Å². The molecule has 92 valence electrons. The molecule has 0 saturated heterocycles. The number of hydrogen-bond acceptors (Lipinski definition) is 4. The van der Waals surface area contributed by atoms with Crippen molar-refractivity contribution in [2.24, 2.45) is 16.8 Å². The van der Waals surface area contributed by atoms with Crippen molar-refractivity contribution in [3.8, 4) is 0 Å². The van der Waals surface area contributed by atoms with Gasteiger partial charge in [-0.25, -0.2) is 0 Å². The van der Waals surface area contributed by atoms with Crippen LogP contribution in [0, 0.1) is 5.92 Å². The van der Waals surface area contributed by atoms with Crippen molar-refractivity contribution in [3.63, 3.8) is 0 Å². The topological polar surface area (TPSA) is 108 Å². The molecule has 1 fully saturated rings. The summed E-state index contributed by atoms with van der Waals surface area (Å²) in [6, 6.07) is -0.213. The van der Waals surface area contributed by atoms with E-state index in [1.165, 1.54) is 0 Å². The van der Waals surface area contributed by atoms with Crippen molar-refractivity contribution in [2.75, 3.05) is 0 Å². The third kappa shape index (κ3) is 3.10. The van der Waals surface area contributed by atoms with Crippen molar-refractivity contribution in [3.05, 3.63) is 0 Å². The number of amides is 1. The molecule has 0 spiro atoms. The van der Waals surface area contributed by atoms with Crippen molar-refractivity contribution >= 4 is 11.7 Å². The van der Waals surface area contributed by atoms with Gasteiger partial charge in [-0.15, -0.1) is 0 Å². The minimum Gasteiger partial charge on any atom is -0.409 e. The first kappa shape index (κ1) is 12.8. The maximum Gasteiger partial charge on any atom is 0.230 e. The molecule has 0 aromatic carbocycles. The molecular formula is C10H19N3O3. The molecule has 0 bridgehead atoms. The van der Waals surface area contributed by atoms with E-state index in [1.807, 2.05) is 0 Å². The predicted molar refractivity (Wildman–Crippen MR) is 59.0 cm³/mol. The summed E-state index contributed by atoms with van der Waals surface area (Å²) >= 11 is 0. The summed E-state index contributed by atoms with van der Waals surface area (Å²) in [5.74, 6) is -1.12. The summed E-state index contributed by atoms with van der Waals surface area (Å²) in [6.07, 6.45) is 2.99. The lowest BCUT2D eigenvalue weighted by atomic mass is 9.92. The first-order valence-electron chi connectivity index (χ1n) is 5.52. The fourth-order valence-corrected chi connectivity index (χ4v) is 1.81. The SMILES string of the molecule is CC(C(=O)NC1CCCCC1O)C(N)=NO. The monoisotopic (exact) mass is 229 g/mol. The number of nitrogens with zero attached hydrogens (tertiary/aromatic N) is 1. The second-order valence-corrected chi connectivity index (χ2v) is 4.21. The van der Waals surface area contributed by atoms with Crippen molar-refractivity contribution < 1.29 is 15.1 Å². The van der Waals surface area contributed by atoms with Crippen LogP contribution in [0.3, 0.4) is 0 Å². The van der Waals surface area contributed by atoms with Crippen LogP contribution in [0.1, 0.15) is 32.6 Å². The highest BCUT2D eigenvalue weighted by Crippen LogP contribution is 2.18. The largest absolute Gasteiger partial charge is 0.409 e. The van der Waals surface area contributed by atoms with Crippen LogP contribution < -0.4 is 11.1 Å². The number of amidine groups is 1. The second kappa shape index (κ2) is 5.69. The predicted octanol–water partition coefficient (Wildman–Crippen LogP) is -0.211. The molecule has 5 N–H and O–H groups in total. The maximum atomic E-state index is 11.7. The minimum atomic E-state index is -0.681. The van der Waals surface area contributed by atoms with E-state index < -0.39 is 12.0 Å². The van der Waals surface area contributed by atoms with E-state index >= 15 is 0 Å². The number of carbonyl (C=O) groups is 1. The number of oxime groups is 1. The molecule has 0 aliphatic heterocycles. The molecule has 0 aromatic rings. The van der Waals surface area contributed by atoms with Gasteiger partial charge in [0, 0.05) is 0 Å². The zero-order chi connectivity index (χ0) is 12.1. The Bertz CT molecular complexity index is 280. The zero-order valence-electron chi connectivity index (χ0n) is 9.39. The van der Waals surface area contributed by atoms with Crippen molar-refractivity contribution in [1.82, 2.24) is 5.32 Å². The second-order valence-electron chi connectivity index (χ2n) is 4.21. The number of nitrogens with one attached hydrogen (secondary N) is 1. The normalized spacial score (nSPS) is 28.5. The van der Waals surface area contributed by atoms with Gasteiger partial charge in [0.2, 0.25) is 5.91 Å². The van der Waals surface area contributed by atoms with Gasteiger partial charge in [-0.2, -0.15) is 0 Å². The van der Waals surface area contributed by atoms with Gasteiger partial charge in [-0.1, -0.05) is 18.0 Å². The Hall–Kier alpha value is -1.30. The third-order valence-corrected chi connectivity index (χ3v) is 3.01. The number of aliphatic hydroxyl groups excluding tert-OH is 1. The Balaban J connectivity index is 2.50. The first-order chi connectivity index (χ1) is 7.56. The lowest BCUT2D eigenvalue weighted by Crippen LogP contribution is -2.48. The lowest BCUT2D eigenvalue weighted by molar-refractivity contribution is -0.124.